The van der Waals surface area contributed by atoms with Crippen molar-refractivity contribution in [2.24, 2.45) is 0 Å². The third kappa shape index (κ3) is 2.18. The summed E-state index contributed by atoms with van der Waals surface area (Å²) in [5.74, 6) is -0.971. The van der Waals surface area contributed by atoms with Gasteiger partial charge in [-0.1, -0.05) is 24.3 Å². The van der Waals surface area contributed by atoms with Crippen molar-refractivity contribution in [3.8, 4) is 0 Å². The molecule has 100 valence electrons. The van der Waals surface area contributed by atoms with E-state index in [1.54, 1.807) is 18.2 Å². The molecular weight excluding hydrogens is 325 g/mol. The minimum Gasteiger partial charge on any atom is -0.317 e. The number of nitrogens with zero attached hydrogens (tertiary/aromatic N) is 1. The molecule has 0 atom stereocenters. The number of benzene rings is 2. The molecule has 0 unspecified atom stereocenters. The number of rotatable bonds is 2. The average molecular weight is 334 g/mol. The molecule has 3 aromatic rings. The van der Waals surface area contributed by atoms with Crippen LogP contribution in [0.3, 0.4) is 0 Å². The van der Waals surface area contributed by atoms with Gasteiger partial charge in [0.2, 0.25) is 0 Å². The summed E-state index contributed by atoms with van der Waals surface area (Å²) in [5, 5.41) is 9.97. The Labute approximate surface area is 122 Å². The van der Waals surface area contributed by atoms with Crippen LogP contribution < -0.4 is 5.32 Å². The van der Waals surface area contributed by atoms with Gasteiger partial charge in [-0.3, -0.25) is 9.89 Å². The Bertz CT molecular complexity index is 780. The van der Waals surface area contributed by atoms with Crippen LogP contribution in [0.4, 0.5) is 10.1 Å². The summed E-state index contributed by atoms with van der Waals surface area (Å²) < 4.78 is 14.2. The lowest BCUT2D eigenvalue weighted by Crippen LogP contribution is -2.14. The van der Waals surface area contributed by atoms with Crippen molar-refractivity contribution in [1.29, 1.82) is 0 Å². The van der Waals surface area contributed by atoms with Crippen LogP contribution in [0.5, 0.6) is 0 Å². The van der Waals surface area contributed by atoms with Crippen LogP contribution in [0.15, 0.2) is 46.9 Å². The van der Waals surface area contributed by atoms with Crippen LogP contribution in [-0.4, -0.2) is 16.1 Å². The molecule has 0 fully saturated rings. The number of fused-ring (bicyclic) bond motifs is 1. The first-order chi connectivity index (χ1) is 9.66. The number of aromatic amines is 1. The zero-order chi connectivity index (χ0) is 14.1. The summed E-state index contributed by atoms with van der Waals surface area (Å²) in [6, 6.07) is 11.7. The lowest BCUT2D eigenvalue weighted by atomic mass is 10.2. The molecule has 1 amide bonds. The smallest absolute Gasteiger partial charge is 0.276 e. The standard InChI is InChI=1S/C14H9BrFN3O/c15-9-5-3-6-10(16)13(9)17-14(20)12-8-4-1-2-7-11(8)18-19-12/h1-7H,(H,17,20)(H,18,19). The summed E-state index contributed by atoms with van der Waals surface area (Å²) >= 11 is 3.21. The Morgan fingerprint density at radius 1 is 1.20 bits per heavy atom. The topological polar surface area (TPSA) is 57.8 Å². The fraction of sp³-hybridized carbons (Fsp3) is 0. The minimum atomic E-state index is -0.507. The zero-order valence-corrected chi connectivity index (χ0v) is 11.7. The van der Waals surface area contributed by atoms with Crippen molar-refractivity contribution < 1.29 is 9.18 Å². The van der Waals surface area contributed by atoms with E-state index in [9.17, 15) is 9.18 Å². The molecule has 0 aliphatic rings. The fourth-order valence-electron chi connectivity index (χ4n) is 1.93. The summed E-state index contributed by atoms with van der Waals surface area (Å²) in [4.78, 5) is 12.2. The van der Waals surface area contributed by atoms with Gasteiger partial charge in [0.15, 0.2) is 5.69 Å². The van der Waals surface area contributed by atoms with Gasteiger partial charge in [-0.25, -0.2) is 4.39 Å². The molecule has 0 radical (unpaired) electrons. The number of carbonyl (C=O) groups excluding carboxylic acids is 1. The first kappa shape index (κ1) is 12.8. The highest BCUT2D eigenvalue weighted by Crippen LogP contribution is 2.26. The van der Waals surface area contributed by atoms with E-state index in [0.29, 0.717) is 9.86 Å². The average Bonchev–Trinajstić information content (AvgIpc) is 2.87. The molecule has 0 bridgehead atoms. The molecule has 2 N–H and O–H groups in total. The van der Waals surface area contributed by atoms with E-state index < -0.39 is 11.7 Å². The number of aromatic nitrogens is 2. The zero-order valence-electron chi connectivity index (χ0n) is 10.2. The maximum absolute atomic E-state index is 13.7. The Balaban J connectivity index is 1.98. The Hall–Kier alpha value is -2.21. The van der Waals surface area contributed by atoms with Gasteiger partial charge in [0.05, 0.1) is 11.2 Å². The van der Waals surface area contributed by atoms with Gasteiger partial charge < -0.3 is 5.32 Å². The molecule has 0 aliphatic heterocycles. The SMILES string of the molecule is O=C(Nc1c(F)cccc1Br)c1n[nH]c2ccccc12. The Kier molecular flexibility index (Phi) is 3.23. The van der Waals surface area contributed by atoms with Gasteiger partial charge in [-0.2, -0.15) is 5.10 Å². The summed E-state index contributed by atoms with van der Waals surface area (Å²) in [6.07, 6.45) is 0. The van der Waals surface area contributed by atoms with Crippen LogP contribution in [0.2, 0.25) is 0 Å². The quantitative estimate of drug-likeness (QED) is 0.750. The Morgan fingerprint density at radius 3 is 2.80 bits per heavy atom. The minimum absolute atomic E-state index is 0.101. The van der Waals surface area contributed by atoms with Crippen molar-refractivity contribution in [2.45, 2.75) is 0 Å². The molecule has 1 aromatic heterocycles. The number of para-hydroxylation sites is 2. The van der Waals surface area contributed by atoms with Gasteiger partial charge in [-0.05, 0) is 34.1 Å². The number of hydrogen-bond donors (Lipinski definition) is 2. The number of hydrogen-bond acceptors (Lipinski definition) is 2. The molecule has 0 saturated carbocycles. The van der Waals surface area contributed by atoms with E-state index in [1.165, 1.54) is 6.07 Å². The fourth-order valence-corrected chi connectivity index (χ4v) is 2.37. The van der Waals surface area contributed by atoms with Crippen LogP contribution in [0, 0.1) is 5.82 Å². The molecule has 2 aromatic carbocycles. The molecule has 1 heterocycles. The predicted octanol–water partition coefficient (Wildman–Crippen LogP) is 3.72. The highest BCUT2D eigenvalue weighted by molar-refractivity contribution is 9.10. The number of anilines is 1. The van der Waals surface area contributed by atoms with E-state index in [-0.39, 0.29) is 11.4 Å². The first-order valence-corrected chi connectivity index (χ1v) is 6.64. The second-order valence-electron chi connectivity index (χ2n) is 4.17. The number of amides is 1. The molecule has 6 heteroatoms. The molecule has 3 rings (SSSR count). The summed E-state index contributed by atoms with van der Waals surface area (Å²) in [6.45, 7) is 0. The van der Waals surface area contributed by atoms with Gasteiger partial charge >= 0.3 is 0 Å². The monoisotopic (exact) mass is 333 g/mol. The number of carbonyl (C=O) groups is 1. The molecule has 0 saturated heterocycles. The van der Waals surface area contributed by atoms with Crippen LogP contribution in [0.25, 0.3) is 10.9 Å². The van der Waals surface area contributed by atoms with E-state index in [1.807, 2.05) is 18.2 Å². The molecular formula is C14H9BrFN3O. The third-order valence-electron chi connectivity index (χ3n) is 2.89. The van der Waals surface area contributed by atoms with Crippen molar-refractivity contribution in [3.63, 3.8) is 0 Å². The molecule has 0 aliphatic carbocycles. The lowest BCUT2D eigenvalue weighted by Gasteiger charge is -2.07. The van der Waals surface area contributed by atoms with E-state index >= 15 is 0 Å². The highest BCUT2D eigenvalue weighted by atomic mass is 79.9. The second-order valence-corrected chi connectivity index (χ2v) is 5.02. The van der Waals surface area contributed by atoms with Gasteiger partial charge in [0.1, 0.15) is 5.82 Å². The van der Waals surface area contributed by atoms with E-state index in [4.69, 9.17) is 0 Å². The van der Waals surface area contributed by atoms with Gasteiger partial charge in [0.25, 0.3) is 5.91 Å². The van der Waals surface area contributed by atoms with Gasteiger partial charge in [-0.15, -0.1) is 0 Å². The molecule has 20 heavy (non-hydrogen) atoms. The van der Waals surface area contributed by atoms with Crippen molar-refractivity contribution >= 4 is 38.4 Å². The van der Waals surface area contributed by atoms with Crippen molar-refractivity contribution in [1.82, 2.24) is 10.2 Å². The van der Waals surface area contributed by atoms with Crippen LogP contribution in [-0.2, 0) is 0 Å². The van der Waals surface area contributed by atoms with Crippen molar-refractivity contribution in [3.05, 3.63) is 58.4 Å². The van der Waals surface area contributed by atoms with Crippen molar-refractivity contribution in [2.75, 3.05) is 5.32 Å². The summed E-state index contributed by atoms with van der Waals surface area (Å²) in [5.41, 5.74) is 1.09. The summed E-state index contributed by atoms with van der Waals surface area (Å²) in [7, 11) is 0. The molecule has 0 spiro atoms. The predicted molar refractivity (Wildman–Crippen MR) is 78.1 cm³/mol. The van der Waals surface area contributed by atoms with Crippen LogP contribution >= 0.6 is 15.9 Å². The largest absolute Gasteiger partial charge is 0.317 e. The number of nitrogens with one attached hydrogen (secondary N) is 2. The number of H-pyrrole nitrogens is 1. The maximum atomic E-state index is 13.7. The molecule has 4 nitrogen and oxygen atoms in total. The normalized spacial score (nSPS) is 10.7. The van der Waals surface area contributed by atoms with E-state index in [0.717, 1.165) is 5.52 Å². The van der Waals surface area contributed by atoms with E-state index in [2.05, 4.69) is 31.4 Å². The van der Waals surface area contributed by atoms with Gasteiger partial charge in [0, 0.05) is 9.86 Å². The maximum Gasteiger partial charge on any atom is 0.276 e. The van der Waals surface area contributed by atoms with Crippen LogP contribution in [0.1, 0.15) is 10.5 Å². The lowest BCUT2D eigenvalue weighted by molar-refractivity contribution is 0.102. The number of halogens is 2. The first-order valence-electron chi connectivity index (χ1n) is 5.85. The second kappa shape index (κ2) is 5.05. The Morgan fingerprint density at radius 2 is 2.00 bits per heavy atom. The highest BCUT2D eigenvalue weighted by Gasteiger charge is 2.16. The third-order valence-corrected chi connectivity index (χ3v) is 3.55.